The summed E-state index contributed by atoms with van der Waals surface area (Å²) in [5.41, 5.74) is 2.35. The molecule has 0 bridgehead atoms. The monoisotopic (exact) mass is 438 g/mol. The van der Waals surface area contributed by atoms with Crippen LogP contribution >= 0.6 is 0 Å². The minimum absolute atomic E-state index is 0.0653. The second-order valence-electron chi connectivity index (χ2n) is 7.44. The summed E-state index contributed by atoms with van der Waals surface area (Å²) < 4.78 is 33.5. The molecule has 0 aromatic heterocycles. The van der Waals surface area contributed by atoms with Gasteiger partial charge < -0.3 is 10.1 Å². The Balaban J connectivity index is 1.72. The molecule has 0 fully saturated rings. The van der Waals surface area contributed by atoms with Crippen LogP contribution in [0.15, 0.2) is 77.7 Å². The van der Waals surface area contributed by atoms with Crippen LogP contribution in [0, 0.1) is 6.92 Å². The third-order valence-electron chi connectivity index (χ3n) is 4.52. The Kier molecular flexibility index (Phi) is 6.97. The predicted octanol–water partition coefficient (Wildman–Crippen LogP) is 4.51. The number of carbonyl (C=O) groups is 1. The molecule has 31 heavy (non-hydrogen) atoms. The molecular weight excluding hydrogens is 412 g/mol. The van der Waals surface area contributed by atoms with Gasteiger partial charge in [-0.15, -0.1) is 0 Å². The Morgan fingerprint density at radius 2 is 1.71 bits per heavy atom. The second kappa shape index (κ2) is 9.66. The van der Waals surface area contributed by atoms with Crippen LogP contribution in [0.4, 0.5) is 5.69 Å². The van der Waals surface area contributed by atoms with Gasteiger partial charge in [0.15, 0.2) is 0 Å². The Morgan fingerprint density at radius 3 is 2.42 bits per heavy atom. The molecule has 3 rings (SSSR count). The number of hydrogen-bond acceptors (Lipinski definition) is 4. The lowest BCUT2D eigenvalue weighted by molar-refractivity contribution is 0.0951. The summed E-state index contributed by atoms with van der Waals surface area (Å²) in [5, 5.41) is 2.87. The fourth-order valence-corrected chi connectivity index (χ4v) is 4.10. The van der Waals surface area contributed by atoms with Crippen molar-refractivity contribution in [3.63, 3.8) is 0 Å². The quantitative estimate of drug-likeness (QED) is 0.542. The molecule has 0 spiro atoms. The molecule has 0 aliphatic rings. The molecule has 0 saturated carbocycles. The van der Waals surface area contributed by atoms with Crippen molar-refractivity contribution in [2.75, 3.05) is 4.72 Å². The van der Waals surface area contributed by atoms with E-state index < -0.39 is 10.0 Å². The third-order valence-corrected chi connectivity index (χ3v) is 5.90. The van der Waals surface area contributed by atoms with E-state index in [1.807, 2.05) is 38.1 Å². The van der Waals surface area contributed by atoms with E-state index in [9.17, 15) is 13.2 Å². The highest BCUT2D eigenvalue weighted by Crippen LogP contribution is 2.21. The minimum atomic E-state index is -3.74. The largest absolute Gasteiger partial charge is 0.491 e. The molecule has 7 heteroatoms. The zero-order chi connectivity index (χ0) is 22.4. The van der Waals surface area contributed by atoms with Crippen molar-refractivity contribution in [2.24, 2.45) is 0 Å². The van der Waals surface area contributed by atoms with Gasteiger partial charge in [0.05, 0.1) is 16.7 Å². The van der Waals surface area contributed by atoms with Gasteiger partial charge in [0, 0.05) is 12.1 Å². The summed E-state index contributed by atoms with van der Waals surface area (Å²) in [4.78, 5) is 12.8. The molecule has 0 aliphatic heterocycles. The van der Waals surface area contributed by atoms with E-state index >= 15 is 0 Å². The maximum absolute atomic E-state index is 12.7. The zero-order valence-corrected chi connectivity index (χ0v) is 18.6. The number of ether oxygens (including phenoxy) is 1. The Labute approximate surface area is 183 Å². The maximum atomic E-state index is 12.7. The fourth-order valence-electron chi connectivity index (χ4n) is 2.96. The molecule has 0 saturated heterocycles. The van der Waals surface area contributed by atoms with Crippen LogP contribution < -0.4 is 14.8 Å². The highest BCUT2D eigenvalue weighted by Gasteiger charge is 2.16. The number of sulfonamides is 1. The smallest absolute Gasteiger partial charge is 0.261 e. The van der Waals surface area contributed by atoms with Gasteiger partial charge in [-0.05, 0) is 68.3 Å². The van der Waals surface area contributed by atoms with Crippen LogP contribution in [0.25, 0.3) is 0 Å². The van der Waals surface area contributed by atoms with Crippen molar-refractivity contribution in [1.29, 1.82) is 0 Å². The Bertz CT molecular complexity index is 1160. The summed E-state index contributed by atoms with van der Waals surface area (Å²) in [7, 11) is -3.74. The van der Waals surface area contributed by atoms with Crippen molar-refractivity contribution in [2.45, 2.75) is 38.3 Å². The topological polar surface area (TPSA) is 84.5 Å². The summed E-state index contributed by atoms with van der Waals surface area (Å²) in [6.07, 6.45) is 0.0653. The first kappa shape index (κ1) is 22.4. The van der Waals surface area contributed by atoms with Crippen LogP contribution in [0.2, 0.25) is 0 Å². The van der Waals surface area contributed by atoms with Gasteiger partial charge in [-0.3, -0.25) is 9.52 Å². The average Bonchev–Trinajstić information content (AvgIpc) is 2.74. The molecule has 162 valence electrons. The number of rotatable bonds is 8. The molecule has 0 aliphatic carbocycles. The van der Waals surface area contributed by atoms with E-state index in [0.717, 1.165) is 16.9 Å². The maximum Gasteiger partial charge on any atom is 0.261 e. The fraction of sp³-hybridized carbons (Fsp3) is 0.208. The standard InChI is InChI=1S/C24H26N2O4S/c1-17(2)30-21-9-7-8-19(14-21)16-25-24(27)20-13-12-18(3)23(15-20)26-31(28,29)22-10-5-4-6-11-22/h4-15,17,26H,16H2,1-3H3,(H,25,27). The SMILES string of the molecule is Cc1ccc(C(=O)NCc2cccc(OC(C)C)c2)cc1NS(=O)(=O)c1ccccc1. The number of hydrogen-bond donors (Lipinski definition) is 2. The summed E-state index contributed by atoms with van der Waals surface area (Å²) in [5.74, 6) is 0.449. The van der Waals surface area contributed by atoms with E-state index in [1.165, 1.54) is 12.1 Å². The van der Waals surface area contributed by atoms with Gasteiger partial charge >= 0.3 is 0 Å². The number of nitrogens with one attached hydrogen (secondary N) is 2. The molecule has 3 aromatic rings. The Morgan fingerprint density at radius 1 is 0.968 bits per heavy atom. The van der Waals surface area contributed by atoms with Crippen LogP contribution in [-0.2, 0) is 16.6 Å². The molecular formula is C24H26N2O4S. The normalized spacial score (nSPS) is 11.2. The average molecular weight is 439 g/mol. The van der Waals surface area contributed by atoms with Gasteiger partial charge in [-0.25, -0.2) is 8.42 Å². The summed E-state index contributed by atoms with van der Waals surface area (Å²) in [6.45, 7) is 6.02. The van der Waals surface area contributed by atoms with Gasteiger partial charge in [0.2, 0.25) is 0 Å². The lowest BCUT2D eigenvalue weighted by atomic mass is 10.1. The Hall–Kier alpha value is -3.32. The van der Waals surface area contributed by atoms with E-state index in [4.69, 9.17) is 4.74 Å². The third kappa shape index (κ3) is 6.08. The molecule has 3 aromatic carbocycles. The molecule has 0 unspecified atom stereocenters. The minimum Gasteiger partial charge on any atom is -0.491 e. The highest BCUT2D eigenvalue weighted by atomic mass is 32.2. The predicted molar refractivity (Wildman–Crippen MR) is 122 cm³/mol. The number of amides is 1. The second-order valence-corrected chi connectivity index (χ2v) is 9.13. The molecule has 0 atom stereocenters. The molecule has 1 amide bonds. The summed E-state index contributed by atoms with van der Waals surface area (Å²) in [6, 6.07) is 20.6. The van der Waals surface area contributed by atoms with Crippen molar-refractivity contribution in [3.05, 3.63) is 89.5 Å². The zero-order valence-electron chi connectivity index (χ0n) is 17.8. The van der Waals surface area contributed by atoms with E-state index in [2.05, 4.69) is 10.0 Å². The molecule has 2 N–H and O–H groups in total. The number of aryl methyl sites for hydroxylation is 1. The van der Waals surface area contributed by atoms with Crippen molar-refractivity contribution >= 4 is 21.6 Å². The van der Waals surface area contributed by atoms with Gasteiger partial charge in [-0.1, -0.05) is 36.4 Å². The van der Waals surface area contributed by atoms with Crippen molar-refractivity contribution in [1.82, 2.24) is 5.32 Å². The van der Waals surface area contributed by atoms with E-state index in [-0.39, 0.29) is 16.9 Å². The van der Waals surface area contributed by atoms with Gasteiger partial charge in [0.1, 0.15) is 5.75 Å². The van der Waals surface area contributed by atoms with Crippen LogP contribution in [0.3, 0.4) is 0 Å². The molecule has 0 heterocycles. The van der Waals surface area contributed by atoms with E-state index in [0.29, 0.717) is 17.8 Å². The van der Waals surface area contributed by atoms with Crippen LogP contribution in [-0.4, -0.2) is 20.4 Å². The number of benzene rings is 3. The molecule has 0 radical (unpaired) electrons. The lowest BCUT2D eigenvalue weighted by Crippen LogP contribution is -2.23. The highest BCUT2D eigenvalue weighted by molar-refractivity contribution is 7.92. The van der Waals surface area contributed by atoms with Gasteiger partial charge in [0.25, 0.3) is 15.9 Å². The van der Waals surface area contributed by atoms with Crippen LogP contribution in [0.5, 0.6) is 5.75 Å². The summed E-state index contributed by atoms with van der Waals surface area (Å²) >= 11 is 0. The first-order valence-electron chi connectivity index (χ1n) is 9.97. The number of carbonyl (C=O) groups excluding carboxylic acids is 1. The van der Waals surface area contributed by atoms with Crippen molar-refractivity contribution in [3.8, 4) is 5.75 Å². The number of anilines is 1. The first-order valence-corrected chi connectivity index (χ1v) is 11.5. The van der Waals surface area contributed by atoms with E-state index in [1.54, 1.807) is 43.3 Å². The first-order chi connectivity index (χ1) is 14.7. The van der Waals surface area contributed by atoms with Crippen LogP contribution in [0.1, 0.15) is 35.3 Å². The van der Waals surface area contributed by atoms with Crippen molar-refractivity contribution < 1.29 is 17.9 Å². The molecule has 6 nitrogen and oxygen atoms in total. The van der Waals surface area contributed by atoms with Gasteiger partial charge in [-0.2, -0.15) is 0 Å². The lowest BCUT2D eigenvalue weighted by Gasteiger charge is -2.13.